The minimum absolute atomic E-state index is 0.0160. The van der Waals surface area contributed by atoms with Gasteiger partial charge in [0.05, 0.1) is 12.3 Å². The largest absolute Gasteiger partial charge is 0.468 e. The molecule has 0 aliphatic heterocycles. The summed E-state index contributed by atoms with van der Waals surface area (Å²) in [5, 5.41) is 0. The van der Waals surface area contributed by atoms with Crippen LogP contribution < -0.4 is 5.73 Å². The Morgan fingerprint density at radius 1 is 1.40 bits per heavy atom. The molecule has 0 aliphatic rings. The zero-order chi connectivity index (χ0) is 11.5. The number of furan rings is 1. The highest BCUT2D eigenvalue weighted by Gasteiger charge is 2.37. The molecule has 2 N–H and O–H groups in total. The van der Waals surface area contributed by atoms with E-state index in [-0.39, 0.29) is 11.6 Å². The van der Waals surface area contributed by atoms with Gasteiger partial charge in [0.25, 0.3) is 0 Å². The second kappa shape index (κ2) is 4.81. The van der Waals surface area contributed by atoms with E-state index in [0.29, 0.717) is 0 Å². The first kappa shape index (κ1) is 12.3. The summed E-state index contributed by atoms with van der Waals surface area (Å²) < 4.78 is 5.40. The summed E-state index contributed by atoms with van der Waals surface area (Å²) in [6.07, 6.45) is 3.71. The van der Waals surface area contributed by atoms with Crippen LogP contribution in [0, 0.1) is 0 Å². The third kappa shape index (κ3) is 2.08. The fraction of sp³-hybridized carbons (Fsp3) is 0.667. The van der Waals surface area contributed by atoms with Gasteiger partial charge < -0.3 is 15.1 Å². The van der Waals surface area contributed by atoms with Gasteiger partial charge in [-0.3, -0.25) is 0 Å². The highest BCUT2D eigenvalue weighted by molar-refractivity contribution is 5.11. The summed E-state index contributed by atoms with van der Waals surface area (Å²) in [6, 6.07) is 3.77. The van der Waals surface area contributed by atoms with Crippen LogP contribution in [0.5, 0.6) is 0 Å². The summed E-state index contributed by atoms with van der Waals surface area (Å²) >= 11 is 0. The third-order valence-electron chi connectivity index (χ3n) is 3.54. The maximum atomic E-state index is 6.31. The van der Waals surface area contributed by atoms with Crippen molar-refractivity contribution in [1.29, 1.82) is 0 Å². The Morgan fingerprint density at radius 3 is 2.33 bits per heavy atom. The molecule has 0 amide bonds. The van der Waals surface area contributed by atoms with Crippen molar-refractivity contribution in [2.24, 2.45) is 5.73 Å². The van der Waals surface area contributed by atoms with Gasteiger partial charge in [-0.05, 0) is 39.1 Å². The van der Waals surface area contributed by atoms with E-state index in [0.717, 1.165) is 18.6 Å². The van der Waals surface area contributed by atoms with Gasteiger partial charge in [0, 0.05) is 5.54 Å². The topological polar surface area (TPSA) is 42.4 Å². The Balaban J connectivity index is 2.99. The molecular formula is C12H22N2O. The Bertz CT molecular complexity index is 276. The first-order valence-electron chi connectivity index (χ1n) is 5.55. The zero-order valence-corrected chi connectivity index (χ0v) is 10.2. The number of hydrogen-bond acceptors (Lipinski definition) is 3. The van der Waals surface area contributed by atoms with Crippen LogP contribution in [0.1, 0.15) is 38.5 Å². The highest BCUT2D eigenvalue weighted by atomic mass is 16.3. The summed E-state index contributed by atoms with van der Waals surface area (Å²) in [5.41, 5.74) is 6.29. The van der Waals surface area contributed by atoms with E-state index in [2.05, 4.69) is 32.8 Å². The Hall–Kier alpha value is -0.800. The molecule has 86 valence electrons. The van der Waals surface area contributed by atoms with Crippen molar-refractivity contribution in [2.45, 2.75) is 38.3 Å². The monoisotopic (exact) mass is 210 g/mol. The lowest BCUT2D eigenvalue weighted by Crippen LogP contribution is -2.51. The highest BCUT2D eigenvalue weighted by Crippen LogP contribution is 2.34. The van der Waals surface area contributed by atoms with E-state index in [9.17, 15) is 0 Å². The number of hydrogen-bond donors (Lipinski definition) is 1. The van der Waals surface area contributed by atoms with Crippen LogP contribution in [-0.4, -0.2) is 24.5 Å². The predicted octanol–water partition coefficient (Wildman–Crippen LogP) is 2.40. The lowest BCUT2D eigenvalue weighted by Gasteiger charge is -2.42. The summed E-state index contributed by atoms with van der Waals surface area (Å²) in [6.45, 7) is 4.35. The lowest BCUT2D eigenvalue weighted by atomic mass is 9.82. The Morgan fingerprint density at radius 2 is 2.00 bits per heavy atom. The number of rotatable bonds is 5. The normalized spacial score (nSPS) is 14.5. The molecule has 1 atom stereocenters. The molecule has 0 aromatic carbocycles. The van der Waals surface area contributed by atoms with Crippen LogP contribution in [-0.2, 0) is 0 Å². The average Bonchev–Trinajstić information content (AvgIpc) is 2.72. The smallest absolute Gasteiger partial charge is 0.122 e. The fourth-order valence-corrected chi connectivity index (χ4v) is 2.33. The number of nitrogens with zero attached hydrogens (tertiary/aromatic N) is 1. The Kier molecular flexibility index (Phi) is 3.94. The maximum Gasteiger partial charge on any atom is 0.122 e. The number of likely N-dealkylation sites (N-methyl/N-ethyl adjacent to an activating group) is 1. The van der Waals surface area contributed by atoms with Crippen molar-refractivity contribution < 1.29 is 4.42 Å². The first-order chi connectivity index (χ1) is 7.08. The second-order valence-electron chi connectivity index (χ2n) is 4.20. The molecule has 1 rings (SSSR count). The molecular weight excluding hydrogens is 188 g/mol. The van der Waals surface area contributed by atoms with Crippen LogP contribution in [0.3, 0.4) is 0 Å². The van der Waals surface area contributed by atoms with Crippen LogP contribution in [0.2, 0.25) is 0 Å². The second-order valence-corrected chi connectivity index (χ2v) is 4.20. The Labute approximate surface area is 92.2 Å². The van der Waals surface area contributed by atoms with Crippen LogP contribution in [0.15, 0.2) is 22.8 Å². The van der Waals surface area contributed by atoms with Gasteiger partial charge in [0.2, 0.25) is 0 Å². The van der Waals surface area contributed by atoms with Gasteiger partial charge in [0.15, 0.2) is 0 Å². The average molecular weight is 210 g/mol. The van der Waals surface area contributed by atoms with Crippen molar-refractivity contribution in [1.82, 2.24) is 4.90 Å². The summed E-state index contributed by atoms with van der Waals surface area (Å²) in [5.74, 6) is 0.868. The van der Waals surface area contributed by atoms with Crippen molar-refractivity contribution >= 4 is 0 Å². The van der Waals surface area contributed by atoms with E-state index >= 15 is 0 Å². The quantitative estimate of drug-likeness (QED) is 0.811. The molecule has 0 fully saturated rings. The molecule has 0 bridgehead atoms. The van der Waals surface area contributed by atoms with Gasteiger partial charge in [-0.25, -0.2) is 0 Å². The van der Waals surface area contributed by atoms with Gasteiger partial charge >= 0.3 is 0 Å². The van der Waals surface area contributed by atoms with Crippen LogP contribution in [0.4, 0.5) is 0 Å². The van der Waals surface area contributed by atoms with Gasteiger partial charge in [-0.1, -0.05) is 13.8 Å². The molecule has 0 spiro atoms. The molecule has 1 unspecified atom stereocenters. The molecule has 0 radical (unpaired) electrons. The van der Waals surface area contributed by atoms with Crippen molar-refractivity contribution in [3.05, 3.63) is 24.2 Å². The van der Waals surface area contributed by atoms with Crippen molar-refractivity contribution in [3.8, 4) is 0 Å². The minimum atomic E-state index is -0.0718. The zero-order valence-electron chi connectivity index (χ0n) is 10.2. The number of nitrogens with two attached hydrogens (primary N) is 1. The van der Waals surface area contributed by atoms with Gasteiger partial charge in [0.1, 0.15) is 5.76 Å². The van der Waals surface area contributed by atoms with E-state index in [1.54, 1.807) is 6.26 Å². The first-order valence-corrected chi connectivity index (χ1v) is 5.55. The maximum absolute atomic E-state index is 6.31. The molecule has 0 saturated heterocycles. The van der Waals surface area contributed by atoms with Crippen molar-refractivity contribution in [3.63, 3.8) is 0 Å². The molecule has 3 heteroatoms. The van der Waals surface area contributed by atoms with E-state index < -0.39 is 0 Å². The predicted molar refractivity (Wildman–Crippen MR) is 62.6 cm³/mol. The molecule has 3 nitrogen and oxygen atoms in total. The van der Waals surface area contributed by atoms with Gasteiger partial charge in [-0.15, -0.1) is 0 Å². The van der Waals surface area contributed by atoms with Crippen LogP contribution in [0.25, 0.3) is 0 Å². The van der Waals surface area contributed by atoms with Crippen molar-refractivity contribution in [2.75, 3.05) is 14.1 Å². The molecule has 1 heterocycles. The van der Waals surface area contributed by atoms with Gasteiger partial charge in [-0.2, -0.15) is 0 Å². The molecule has 0 saturated carbocycles. The fourth-order valence-electron chi connectivity index (χ4n) is 2.33. The van der Waals surface area contributed by atoms with E-state index in [4.69, 9.17) is 10.2 Å². The molecule has 1 aromatic heterocycles. The van der Waals surface area contributed by atoms with E-state index in [1.165, 1.54) is 0 Å². The molecule has 0 aliphatic carbocycles. The standard InChI is InChI=1S/C12H22N2O/c1-5-12(6-2,14(3)4)11(13)10-8-7-9-15-10/h7-9,11H,5-6,13H2,1-4H3. The van der Waals surface area contributed by atoms with Crippen LogP contribution >= 0.6 is 0 Å². The summed E-state index contributed by atoms with van der Waals surface area (Å²) in [7, 11) is 4.16. The summed E-state index contributed by atoms with van der Waals surface area (Å²) in [4.78, 5) is 2.21. The third-order valence-corrected chi connectivity index (χ3v) is 3.54. The van der Waals surface area contributed by atoms with E-state index in [1.807, 2.05) is 12.1 Å². The molecule has 1 aromatic rings. The SMILES string of the molecule is CCC(CC)(C(N)c1ccco1)N(C)C. The lowest BCUT2D eigenvalue weighted by molar-refractivity contribution is 0.0961. The minimum Gasteiger partial charge on any atom is -0.468 e. The molecule has 15 heavy (non-hydrogen) atoms.